The number of carbonyl (C=O) groups excluding carboxylic acids is 1. The highest BCUT2D eigenvalue weighted by Gasteiger charge is 2.14. The molecule has 0 heterocycles. The van der Waals surface area contributed by atoms with Gasteiger partial charge < -0.3 is 10.1 Å². The van der Waals surface area contributed by atoms with Crippen LogP contribution in [0.25, 0.3) is 0 Å². The summed E-state index contributed by atoms with van der Waals surface area (Å²) in [7, 11) is 0. The average molecular weight is 363 g/mol. The highest BCUT2D eigenvalue weighted by molar-refractivity contribution is 5.94. The summed E-state index contributed by atoms with van der Waals surface area (Å²) in [4.78, 5) is 12.2. The topological polar surface area (TPSA) is 63.0 Å². The van der Waals surface area contributed by atoms with Crippen LogP contribution in [-0.2, 0) is 4.79 Å². The van der Waals surface area contributed by atoms with Gasteiger partial charge in [-0.15, -0.1) is 0 Å². The SMILES string of the molecule is CC(Oc1ccc(F)cc1)C(=O)Nc1ccc(N=Nc2ccccc2)cc1. The smallest absolute Gasteiger partial charge is 0.265 e. The van der Waals surface area contributed by atoms with Gasteiger partial charge in [-0.1, -0.05) is 18.2 Å². The van der Waals surface area contributed by atoms with E-state index in [4.69, 9.17) is 4.74 Å². The molecule has 3 rings (SSSR count). The molecule has 0 spiro atoms. The van der Waals surface area contributed by atoms with Gasteiger partial charge in [-0.3, -0.25) is 4.79 Å². The fourth-order valence-corrected chi connectivity index (χ4v) is 2.24. The Balaban J connectivity index is 1.56. The number of benzene rings is 3. The monoisotopic (exact) mass is 363 g/mol. The summed E-state index contributed by atoms with van der Waals surface area (Å²) in [5.74, 6) is -0.238. The van der Waals surface area contributed by atoms with Crippen LogP contribution in [0.5, 0.6) is 5.75 Å². The Morgan fingerprint density at radius 2 is 1.48 bits per heavy atom. The predicted octanol–water partition coefficient (Wildman–Crippen LogP) is 5.65. The Hall–Kier alpha value is -3.54. The highest BCUT2D eigenvalue weighted by atomic mass is 19.1. The van der Waals surface area contributed by atoms with Crippen LogP contribution in [0, 0.1) is 5.82 Å². The zero-order valence-electron chi connectivity index (χ0n) is 14.7. The second-order valence-corrected chi connectivity index (χ2v) is 5.79. The Morgan fingerprint density at radius 1 is 0.889 bits per heavy atom. The van der Waals surface area contributed by atoms with E-state index in [2.05, 4.69) is 15.5 Å². The molecule has 0 saturated carbocycles. The molecule has 3 aromatic carbocycles. The number of hydrogen-bond acceptors (Lipinski definition) is 4. The van der Waals surface area contributed by atoms with Crippen LogP contribution < -0.4 is 10.1 Å². The van der Waals surface area contributed by atoms with Crippen molar-refractivity contribution in [3.8, 4) is 5.75 Å². The van der Waals surface area contributed by atoms with Gasteiger partial charge in [0.05, 0.1) is 11.4 Å². The minimum Gasteiger partial charge on any atom is -0.481 e. The molecule has 0 saturated heterocycles. The average Bonchev–Trinajstić information content (AvgIpc) is 2.70. The number of nitrogens with one attached hydrogen (secondary N) is 1. The maximum atomic E-state index is 12.9. The number of carbonyl (C=O) groups is 1. The number of rotatable bonds is 6. The van der Waals surface area contributed by atoms with Gasteiger partial charge in [0.2, 0.25) is 0 Å². The number of ether oxygens (including phenoxy) is 1. The first-order valence-corrected chi connectivity index (χ1v) is 8.40. The van der Waals surface area contributed by atoms with Crippen molar-refractivity contribution in [2.45, 2.75) is 13.0 Å². The summed E-state index contributed by atoms with van der Waals surface area (Å²) in [5, 5.41) is 11.1. The lowest BCUT2D eigenvalue weighted by molar-refractivity contribution is -0.122. The van der Waals surface area contributed by atoms with Crippen LogP contribution in [0.15, 0.2) is 89.1 Å². The molecule has 0 radical (unpaired) electrons. The van der Waals surface area contributed by atoms with Gasteiger partial charge in [-0.25, -0.2) is 4.39 Å². The maximum absolute atomic E-state index is 12.9. The molecule has 1 unspecified atom stereocenters. The second kappa shape index (κ2) is 8.71. The Labute approximate surface area is 156 Å². The van der Waals surface area contributed by atoms with E-state index in [1.807, 2.05) is 30.3 Å². The number of halogens is 1. The van der Waals surface area contributed by atoms with Crippen molar-refractivity contribution in [3.05, 3.63) is 84.7 Å². The molecule has 0 fully saturated rings. The minimum absolute atomic E-state index is 0.307. The molecular weight excluding hydrogens is 345 g/mol. The van der Waals surface area contributed by atoms with Gasteiger partial charge in [0.15, 0.2) is 6.10 Å². The van der Waals surface area contributed by atoms with Gasteiger partial charge in [0, 0.05) is 5.69 Å². The van der Waals surface area contributed by atoms with Gasteiger partial charge in [0.1, 0.15) is 11.6 Å². The summed E-state index contributed by atoms with van der Waals surface area (Å²) >= 11 is 0. The van der Waals surface area contributed by atoms with E-state index in [0.717, 1.165) is 5.69 Å². The van der Waals surface area contributed by atoms with E-state index in [1.165, 1.54) is 24.3 Å². The molecule has 6 heteroatoms. The molecule has 0 aromatic heterocycles. The first-order valence-electron chi connectivity index (χ1n) is 8.40. The zero-order valence-corrected chi connectivity index (χ0v) is 14.7. The Bertz CT molecular complexity index is 910. The molecule has 1 atom stereocenters. The molecule has 3 aromatic rings. The van der Waals surface area contributed by atoms with Crippen LogP contribution in [-0.4, -0.2) is 12.0 Å². The zero-order chi connectivity index (χ0) is 19.1. The summed E-state index contributed by atoms with van der Waals surface area (Å²) < 4.78 is 18.4. The van der Waals surface area contributed by atoms with E-state index in [-0.39, 0.29) is 11.7 Å². The Morgan fingerprint density at radius 3 is 2.11 bits per heavy atom. The van der Waals surface area contributed by atoms with E-state index < -0.39 is 6.10 Å². The van der Waals surface area contributed by atoms with E-state index in [9.17, 15) is 9.18 Å². The van der Waals surface area contributed by atoms with Crippen LogP contribution in [0.1, 0.15) is 6.92 Å². The van der Waals surface area contributed by atoms with Crippen molar-refractivity contribution in [2.75, 3.05) is 5.32 Å². The predicted molar refractivity (Wildman–Crippen MR) is 102 cm³/mol. The summed E-state index contributed by atoms with van der Waals surface area (Å²) in [6.45, 7) is 1.63. The standard InChI is InChI=1S/C21H18FN3O2/c1-15(27-20-13-7-16(22)8-14-20)21(26)23-17-9-11-19(12-10-17)25-24-18-5-3-2-4-6-18/h2-15H,1H3,(H,23,26). The molecule has 136 valence electrons. The minimum atomic E-state index is -0.729. The molecule has 0 aliphatic carbocycles. The van der Waals surface area contributed by atoms with Crippen LogP contribution >= 0.6 is 0 Å². The van der Waals surface area contributed by atoms with Crippen molar-refractivity contribution >= 4 is 23.0 Å². The molecule has 0 bridgehead atoms. The Kier molecular flexibility index (Phi) is 5.89. The van der Waals surface area contributed by atoms with Gasteiger partial charge in [-0.05, 0) is 67.6 Å². The maximum Gasteiger partial charge on any atom is 0.265 e. The molecule has 5 nitrogen and oxygen atoms in total. The van der Waals surface area contributed by atoms with Crippen molar-refractivity contribution in [2.24, 2.45) is 10.2 Å². The quantitative estimate of drug-likeness (QED) is 0.575. The lowest BCUT2D eigenvalue weighted by Crippen LogP contribution is -2.30. The molecule has 27 heavy (non-hydrogen) atoms. The summed E-state index contributed by atoms with van der Waals surface area (Å²) in [6.07, 6.45) is -0.729. The normalized spacial score (nSPS) is 11.9. The largest absolute Gasteiger partial charge is 0.481 e. The van der Waals surface area contributed by atoms with E-state index in [1.54, 1.807) is 31.2 Å². The number of anilines is 1. The van der Waals surface area contributed by atoms with Gasteiger partial charge in [-0.2, -0.15) is 10.2 Å². The van der Waals surface area contributed by atoms with Crippen molar-refractivity contribution in [1.82, 2.24) is 0 Å². The van der Waals surface area contributed by atoms with Gasteiger partial charge >= 0.3 is 0 Å². The summed E-state index contributed by atoms with van der Waals surface area (Å²) in [5.41, 5.74) is 2.06. The first kappa shape index (κ1) is 18.3. The van der Waals surface area contributed by atoms with Crippen LogP contribution in [0.4, 0.5) is 21.5 Å². The lowest BCUT2D eigenvalue weighted by Gasteiger charge is -2.14. The lowest BCUT2D eigenvalue weighted by atomic mass is 10.2. The molecule has 0 aliphatic rings. The second-order valence-electron chi connectivity index (χ2n) is 5.79. The number of hydrogen-bond donors (Lipinski definition) is 1. The fourth-order valence-electron chi connectivity index (χ4n) is 2.24. The number of azo groups is 1. The fraction of sp³-hybridized carbons (Fsp3) is 0.0952. The van der Waals surface area contributed by atoms with Crippen molar-refractivity contribution in [1.29, 1.82) is 0 Å². The highest BCUT2D eigenvalue weighted by Crippen LogP contribution is 2.20. The number of amides is 1. The summed E-state index contributed by atoms with van der Waals surface area (Å²) in [6, 6.07) is 21.9. The van der Waals surface area contributed by atoms with Crippen molar-refractivity contribution < 1.29 is 13.9 Å². The third kappa shape index (κ3) is 5.47. The molecule has 0 aliphatic heterocycles. The third-order valence-electron chi connectivity index (χ3n) is 3.67. The molecular formula is C21H18FN3O2. The van der Waals surface area contributed by atoms with E-state index >= 15 is 0 Å². The van der Waals surface area contributed by atoms with Crippen LogP contribution in [0.2, 0.25) is 0 Å². The van der Waals surface area contributed by atoms with Gasteiger partial charge in [0.25, 0.3) is 5.91 Å². The third-order valence-corrected chi connectivity index (χ3v) is 3.67. The van der Waals surface area contributed by atoms with Crippen molar-refractivity contribution in [3.63, 3.8) is 0 Å². The number of nitrogens with zero attached hydrogens (tertiary/aromatic N) is 2. The van der Waals surface area contributed by atoms with E-state index in [0.29, 0.717) is 17.1 Å². The molecule has 1 amide bonds. The van der Waals surface area contributed by atoms with Crippen LogP contribution in [0.3, 0.4) is 0 Å². The first-order chi connectivity index (χ1) is 13.1. The molecule has 1 N–H and O–H groups in total.